The van der Waals surface area contributed by atoms with Gasteiger partial charge in [0, 0.05) is 12.2 Å². The van der Waals surface area contributed by atoms with Gasteiger partial charge in [0.1, 0.15) is 5.75 Å². The number of nitrogens with one attached hydrogen (secondary N) is 1. The maximum absolute atomic E-state index is 12.5. The number of methoxy groups -OCH3 is 1. The van der Waals surface area contributed by atoms with Gasteiger partial charge < -0.3 is 9.64 Å². The maximum Gasteiger partial charge on any atom is 0.263 e. The molecule has 0 aliphatic rings. The van der Waals surface area contributed by atoms with E-state index in [1.165, 1.54) is 19.2 Å². The SMILES string of the molecule is CCN(c1cccc(C)c1)c1ccc(NS(=O)(=O)c2ccc(OC)cc2)nn1. The Balaban J connectivity index is 1.79. The Labute approximate surface area is 165 Å². The minimum atomic E-state index is -3.76. The number of rotatable bonds is 7. The van der Waals surface area contributed by atoms with E-state index in [2.05, 4.69) is 21.0 Å². The number of hydrogen-bond acceptors (Lipinski definition) is 6. The number of hydrogen-bond donors (Lipinski definition) is 1. The molecular weight excluding hydrogens is 376 g/mol. The van der Waals surface area contributed by atoms with Crippen molar-refractivity contribution in [3.05, 3.63) is 66.2 Å². The van der Waals surface area contributed by atoms with E-state index in [-0.39, 0.29) is 10.7 Å². The molecular formula is C20H22N4O3S. The van der Waals surface area contributed by atoms with Crippen molar-refractivity contribution in [1.82, 2.24) is 10.2 Å². The summed E-state index contributed by atoms with van der Waals surface area (Å²) in [6.45, 7) is 4.75. The van der Waals surface area contributed by atoms with E-state index in [1.54, 1.807) is 24.3 Å². The number of anilines is 3. The predicted octanol–water partition coefficient (Wildman–Crippen LogP) is 3.75. The standard InChI is InChI=1S/C20H22N4O3S/c1-4-24(16-7-5-6-15(2)14-16)20-13-12-19(21-22-20)23-28(25,26)18-10-8-17(27-3)9-11-18/h5-14H,4H2,1-3H3,(H,21,23). The van der Waals surface area contributed by atoms with Crippen molar-refractivity contribution in [3.8, 4) is 5.75 Å². The third-order valence-corrected chi connectivity index (χ3v) is 5.54. The number of aryl methyl sites for hydroxylation is 1. The number of ether oxygens (including phenoxy) is 1. The van der Waals surface area contributed by atoms with Gasteiger partial charge in [0.25, 0.3) is 10.0 Å². The minimum absolute atomic E-state index is 0.120. The van der Waals surface area contributed by atoms with Crippen LogP contribution in [-0.4, -0.2) is 32.3 Å². The lowest BCUT2D eigenvalue weighted by atomic mass is 10.2. The van der Waals surface area contributed by atoms with E-state index in [9.17, 15) is 8.42 Å². The summed E-state index contributed by atoms with van der Waals surface area (Å²) >= 11 is 0. The first-order chi connectivity index (χ1) is 13.4. The van der Waals surface area contributed by atoms with Crippen LogP contribution in [0.25, 0.3) is 0 Å². The third-order valence-electron chi connectivity index (χ3n) is 4.17. The number of sulfonamides is 1. The smallest absolute Gasteiger partial charge is 0.263 e. The van der Waals surface area contributed by atoms with Crippen LogP contribution in [0.1, 0.15) is 12.5 Å². The largest absolute Gasteiger partial charge is 0.497 e. The van der Waals surface area contributed by atoms with E-state index in [1.807, 2.05) is 36.9 Å². The highest BCUT2D eigenvalue weighted by Crippen LogP contribution is 2.24. The second-order valence-electron chi connectivity index (χ2n) is 6.14. The summed E-state index contributed by atoms with van der Waals surface area (Å²) in [7, 11) is -2.23. The lowest BCUT2D eigenvalue weighted by molar-refractivity contribution is 0.414. The summed E-state index contributed by atoms with van der Waals surface area (Å²) in [5.41, 5.74) is 2.15. The van der Waals surface area contributed by atoms with Gasteiger partial charge in [-0.2, -0.15) is 0 Å². The van der Waals surface area contributed by atoms with Crippen LogP contribution in [0.2, 0.25) is 0 Å². The van der Waals surface area contributed by atoms with Crippen LogP contribution in [0, 0.1) is 6.92 Å². The summed E-state index contributed by atoms with van der Waals surface area (Å²) in [6, 6.07) is 17.5. The van der Waals surface area contributed by atoms with Crippen molar-refractivity contribution in [2.45, 2.75) is 18.7 Å². The molecule has 3 rings (SSSR count). The van der Waals surface area contributed by atoms with Crippen LogP contribution in [-0.2, 0) is 10.0 Å². The van der Waals surface area contributed by atoms with E-state index in [0.717, 1.165) is 11.3 Å². The maximum atomic E-state index is 12.5. The van der Waals surface area contributed by atoms with Gasteiger partial charge in [0.05, 0.1) is 12.0 Å². The van der Waals surface area contributed by atoms with Gasteiger partial charge in [-0.05, 0) is 67.9 Å². The molecule has 0 bridgehead atoms. The molecule has 146 valence electrons. The number of aromatic nitrogens is 2. The molecule has 28 heavy (non-hydrogen) atoms. The molecule has 8 heteroatoms. The van der Waals surface area contributed by atoms with E-state index in [0.29, 0.717) is 18.1 Å². The second kappa shape index (κ2) is 8.26. The summed E-state index contributed by atoms with van der Waals surface area (Å²) in [4.78, 5) is 2.12. The fraction of sp³-hybridized carbons (Fsp3) is 0.200. The molecule has 0 unspecified atom stereocenters. The molecule has 0 spiro atoms. The highest BCUT2D eigenvalue weighted by molar-refractivity contribution is 7.92. The molecule has 1 N–H and O–H groups in total. The minimum Gasteiger partial charge on any atom is -0.497 e. The summed E-state index contributed by atoms with van der Waals surface area (Å²) in [6.07, 6.45) is 0. The van der Waals surface area contributed by atoms with Gasteiger partial charge in [0.2, 0.25) is 0 Å². The fourth-order valence-corrected chi connectivity index (χ4v) is 3.74. The Morgan fingerprint density at radius 1 is 1.04 bits per heavy atom. The monoisotopic (exact) mass is 398 g/mol. The first-order valence-corrected chi connectivity index (χ1v) is 10.3. The van der Waals surface area contributed by atoms with Crippen molar-refractivity contribution in [2.24, 2.45) is 0 Å². The molecule has 2 aromatic carbocycles. The van der Waals surface area contributed by atoms with Gasteiger partial charge >= 0.3 is 0 Å². The molecule has 0 amide bonds. The van der Waals surface area contributed by atoms with Crippen molar-refractivity contribution >= 4 is 27.3 Å². The Bertz CT molecular complexity index is 1040. The Morgan fingerprint density at radius 2 is 1.79 bits per heavy atom. The van der Waals surface area contributed by atoms with E-state index in [4.69, 9.17) is 4.74 Å². The second-order valence-corrected chi connectivity index (χ2v) is 7.82. The van der Waals surface area contributed by atoms with Gasteiger partial charge in [-0.25, -0.2) is 8.42 Å². The number of benzene rings is 2. The molecule has 1 aromatic heterocycles. The number of nitrogens with zero attached hydrogens (tertiary/aromatic N) is 3. The Morgan fingerprint density at radius 3 is 2.36 bits per heavy atom. The van der Waals surface area contributed by atoms with Gasteiger partial charge in [-0.3, -0.25) is 4.72 Å². The van der Waals surface area contributed by atoms with Crippen molar-refractivity contribution < 1.29 is 13.2 Å². The zero-order valence-electron chi connectivity index (χ0n) is 16.0. The fourth-order valence-electron chi connectivity index (χ4n) is 2.75. The van der Waals surface area contributed by atoms with Gasteiger partial charge in [-0.15, -0.1) is 10.2 Å². The molecule has 0 aliphatic carbocycles. The quantitative estimate of drug-likeness (QED) is 0.652. The summed E-state index contributed by atoms with van der Waals surface area (Å²) < 4.78 is 32.5. The molecule has 0 saturated heterocycles. The predicted molar refractivity (Wildman–Crippen MR) is 110 cm³/mol. The normalized spacial score (nSPS) is 11.1. The molecule has 7 nitrogen and oxygen atoms in total. The zero-order chi connectivity index (χ0) is 20.1. The van der Waals surface area contributed by atoms with E-state index < -0.39 is 10.0 Å². The summed E-state index contributed by atoms with van der Waals surface area (Å²) in [5, 5.41) is 8.22. The molecule has 0 atom stereocenters. The molecule has 0 fully saturated rings. The van der Waals surface area contributed by atoms with Crippen LogP contribution in [0.15, 0.2) is 65.6 Å². The molecule has 1 heterocycles. The molecule has 0 aliphatic heterocycles. The average Bonchev–Trinajstić information content (AvgIpc) is 2.70. The molecule has 3 aromatic rings. The molecule has 0 radical (unpaired) electrons. The van der Waals surface area contributed by atoms with E-state index >= 15 is 0 Å². The van der Waals surface area contributed by atoms with Gasteiger partial charge in [-0.1, -0.05) is 12.1 Å². The first kappa shape index (κ1) is 19.6. The zero-order valence-corrected chi connectivity index (χ0v) is 16.8. The average molecular weight is 398 g/mol. The highest BCUT2D eigenvalue weighted by Gasteiger charge is 2.16. The van der Waals surface area contributed by atoms with Crippen LogP contribution < -0.4 is 14.4 Å². The van der Waals surface area contributed by atoms with Crippen LogP contribution in [0.4, 0.5) is 17.3 Å². The Hall–Kier alpha value is -3.13. The van der Waals surface area contributed by atoms with Crippen LogP contribution in [0.5, 0.6) is 5.75 Å². The first-order valence-electron chi connectivity index (χ1n) is 8.78. The molecule has 0 saturated carbocycles. The summed E-state index contributed by atoms with van der Waals surface area (Å²) in [5.74, 6) is 1.37. The highest BCUT2D eigenvalue weighted by atomic mass is 32.2. The lowest BCUT2D eigenvalue weighted by Crippen LogP contribution is -2.19. The third kappa shape index (κ3) is 4.40. The van der Waals surface area contributed by atoms with Gasteiger partial charge in [0.15, 0.2) is 11.6 Å². The Kier molecular flexibility index (Phi) is 5.79. The van der Waals surface area contributed by atoms with Crippen molar-refractivity contribution in [3.63, 3.8) is 0 Å². The van der Waals surface area contributed by atoms with Crippen LogP contribution in [0.3, 0.4) is 0 Å². The lowest BCUT2D eigenvalue weighted by Gasteiger charge is -2.22. The van der Waals surface area contributed by atoms with Crippen LogP contribution >= 0.6 is 0 Å². The topological polar surface area (TPSA) is 84.4 Å². The van der Waals surface area contributed by atoms with Crippen molar-refractivity contribution in [2.75, 3.05) is 23.3 Å². The van der Waals surface area contributed by atoms with Crippen molar-refractivity contribution in [1.29, 1.82) is 0 Å².